The van der Waals surface area contributed by atoms with Gasteiger partial charge in [0.2, 0.25) is 0 Å². The van der Waals surface area contributed by atoms with Crippen LogP contribution in [0, 0.1) is 47.0 Å². The van der Waals surface area contributed by atoms with E-state index in [2.05, 4.69) is 47.8 Å². The molecule has 0 N–H and O–H groups in total. The lowest BCUT2D eigenvalue weighted by molar-refractivity contribution is 0.577. The van der Waals surface area contributed by atoms with E-state index in [1.54, 1.807) is 24.3 Å². The van der Waals surface area contributed by atoms with Crippen molar-refractivity contribution < 1.29 is 17.6 Å². The fourth-order valence-electron chi connectivity index (χ4n) is 3.16. The van der Waals surface area contributed by atoms with E-state index in [1.807, 2.05) is 5.16 Å². The van der Waals surface area contributed by atoms with E-state index in [-0.39, 0.29) is 11.1 Å². The van der Waals surface area contributed by atoms with Crippen LogP contribution in [0.3, 0.4) is 0 Å². The van der Waals surface area contributed by atoms with Gasteiger partial charge in [0.25, 0.3) is 0 Å². The number of hydrogen-bond acceptors (Lipinski definition) is 2. The maximum absolute atomic E-state index is 14.4. The van der Waals surface area contributed by atoms with E-state index in [4.69, 9.17) is 0 Å². The molecule has 0 fully saturated rings. The summed E-state index contributed by atoms with van der Waals surface area (Å²) in [6.07, 6.45) is 3.78. The second-order valence-electron chi connectivity index (χ2n) is 7.39. The Morgan fingerprint density at radius 3 is 1.97 bits per heavy atom. The lowest BCUT2D eigenvalue weighted by Gasteiger charge is -2.05. The van der Waals surface area contributed by atoms with E-state index in [9.17, 15) is 17.6 Å². The zero-order valence-corrected chi connectivity index (χ0v) is 19.1. The molecule has 0 aliphatic rings. The Morgan fingerprint density at radius 2 is 1.38 bits per heavy atom. The lowest BCUT2D eigenvalue weighted by Crippen LogP contribution is -1.92. The molecule has 0 radical (unpaired) electrons. The van der Waals surface area contributed by atoms with Crippen molar-refractivity contribution in [2.75, 3.05) is 0 Å². The molecule has 6 heteroatoms. The molecule has 170 valence electrons. The SMILES string of the molecule is CCCCCC#Cc1cc(F)c(C#Cc2ccc(-c3cc(F)c(N=C=S)c(F)c3)cc2)c(F)c1. The van der Waals surface area contributed by atoms with Crippen molar-refractivity contribution in [1.29, 1.82) is 0 Å². The van der Waals surface area contributed by atoms with Gasteiger partial charge in [-0.2, -0.15) is 4.99 Å². The molecule has 1 nitrogen and oxygen atoms in total. The van der Waals surface area contributed by atoms with Crippen LogP contribution in [0.5, 0.6) is 0 Å². The van der Waals surface area contributed by atoms with Crippen molar-refractivity contribution in [3.05, 3.63) is 88.5 Å². The second-order valence-corrected chi connectivity index (χ2v) is 7.58. The van der Waals surface area contributed by atoms with Crippen LogP contribution in [0.15, 0.2) is 53.5 Å². The number of rotatable bonds is 5. The van der Waals surface area contributed by atoms with E-state index >= 15 is 0 Å². The fraction of sp³-hybridized carbons (Fsp3) is 0.179. The standard InChI is InChI=1S/C28H19F4NS/c1-2-3-4-5-6-7-20-14-24(29)23(25(30)15-20)13-10-19-8-11-21(12-9-19)22-16-26(31)28(33-18-34)27(32)17-22/h8-9,11-12,14-17H,2-5H2,1H3. The van der Waals surface area contributed by atoms with Crippen molar-refractivity contribution in [1.82, 2.24) is 0 Å². The topological polar surface area (TPSA) is 12.4 Å². The minimum Gasteiger partial charge on any atom is -0.205 e. The molecule has 0 saturated carbocycles. The Kier molecular flexibility index (Phi) is 8.77. The van der Waals surface area contributed by atoms with Gasteiger partial charge in [-0.3, -0.25) is 0 Å². The van der Waals surface area contributed by atoms with Crippen LogP contribution in [-0.2, 0) is 0 Å². The van der Waals surface area contributed by atoms with Crippen molar-refractivity contribution in [2.24, 2.45) is 4.99 Å². The van der Waals surface area contributed by atoms with Crippen molar-refractivity contribution in [3.8, 4) is 34.8 Å². The number of benzene rings is 3. The van der Waals surface area contributed by atoms with E-state index in [0.717, 1.165) is 31.4 Å². The highest BCUT2D eigenvalue weighted by atomic mass is 32.1. The summed E-state index contributed by atoms with van der Waals surface area (Å²) in [5, 5.41) is 1.94. The molecule has 0 bridgehead atoms. The summed E-state index contributed by atoms with van der Waals surface area (Å²) in [7, 11) is 0. The minimum atomic E-state index is -0.865. The summed E-state index contributed by atoms with van der Waals surface area (Å²) in [4.78, 5) is 3.38. The summed E-state index contributed by atoms with van der Waals surface area (Å²) < 4.78 is 56.9. The van der Waals surface area contributed by atoms with Gasteiger partial charge < -0.3 is 0 Å². The number of isothiocyanates is 1. The van der Waals surface area contributed by atoms with Crippen LogP contribution in [0.1, 0.15) is 49.3 Å². The molecule has 0 unspecified atom stereocenters. The van der Waals surface area contributed by atoms with Gasteiger partial charge in [-0.05, 0) is 66.2 Å². The molecule has 0 aromatic heterocycles. The Hall–Kier alpha value is -3.70. The van der Waals surface area contributed by atoms with E-state index in [0.29, 0.717) is 23.1 Å². The molecule has 3 aromatic rings. The molecule has 0 amide bonds. The van der Waals surface area contributed by atoms with Crippen LogP contribution < -0.4 is 0 Å². The number of aliphatic imine (C=N–C) groups is 1. The van der Waals surface area contributed by atoms with Gasteiger partial charge in [-0.25, -0.2) is 17.6 Å². The Bertz CT molecular complexity index is 1320. The second kappa shape index (κ2) is 12.0. The molecule has 0 atom stereocenters. The highest BCUT2D eigenvalue weighted by molar-refractivity contribution is 7.78. The summed E-state index contributed by atoms with van der Waals surface area (Å²) in [6.45, 7) is 2.09. The van der Waals surface area contributed by atoms with Crippen LogP contribution >= 0.6 is 12.2 Å². The summed E-state index contributed by atoms with van der Waals surface area (Å²) in [5.41, 5.74) is 0.716. The third-order valence-electron chi connectivity index (χ3n) is 4.90. The van der Waals surface area contributed by atoms with Gasteiger partial charge in [-0.15, -0.1) is 0 Å². The molecule has 34 heavy (non-hydrogen) atoms. The van der Waals surface area contributed by atoms with Gasteiger partial charge in [0, 0.05) is 17.5 Å². The number of unbranched alkanes of at least 4 members (excludes halogenated alkanes) is 3. The summed E-state index contributed by atoms with van der Waals surface area (Å²) in [6, 6.07) is 11.0. The molecule has 3 aromatic carbocycles. The number of thiocarbonyl (C=S) groups is 1. The normalized spacial score (nSPS) is 9.91. The first-order valence-corrected chi connectivity index (χ1v) is 11.0. The molecule has 0 aliphatic carbocycles. The van der Waals surface area contributed by atoms with Gasteiger partial charge >= 0.3 is 0 Å². The molecule has 0 spiro atoms. The summed E-state index contributed by atoms with van der Waals surface area (Å²) >= 11 is 4.39. The minimum absolute atomic E-state index is 0.267. The Morgan fingerprint density at radius 1 is 0.735 bits per heavy atom. The van der Waals surface area contributed by atoms with Crippen LogP contribution in [0.4, 0.5) is 23.2 Å². The monoisotopic (exact) mass is 477 g/mol. The molecule has 3 rings (SSSR count). The van der Waals surface area contributed by atoms with Gasteiger partial charge in [0.1, 0.15) is 17.3 Å². The maximum atomic E-state index is 14.4. The summed E-state index contributed by atoms with van der Waals surface area (Å²) in [5.74, 6) is 7.62. The van der Waals surface area contributed by atoms with Crippen LogP contribution in [-0.4, -0.2) is 5.16 Å². The fourth-order valence-corrected chi connectivity index (χ4v) is 3.25. The van der Waals surface area contributed by atoms with Crippen LogP contribution in [0.2, 0.25) is 0 Å². The number of hydrogen-bond donors (Lipinski definition) is 0. The number of nitrogens with zero attached hydrogens (tertiary/aromatic N) is 1. The third-order valence-corrected chi connectivity index (χ3v) is 5.00. The average Bonchev–Trinajstić information content (AvgIpc) is 2.81. The molecular formula is C28H19F4NS. The van der Waals surface area contributed by atoms with Crippen LogP contribution in [0.25, 0.3) is 11.1 Å². The average molecular weight is 478 g/mol. The molecular weight excluding hydrogens is 458 g/mol. The first kappa shape index (κ1) is 24.9. The van der Waals surface area contributed by atoms with Gasteiger partial charge in [-0.1, -0.05) is 55.6 Å². The zero-order chi connectivity index (χ0) is 24.5. The number of halogens is 4. The van der Waals surface area contributed by atoms with Crippen molar-refractivity contribution >= 4 is 23.1 Å². The molecule has 0 saturated heterocycles. The Labute approximate surface area is 201 Å². The Balaban J connectivity index is 1.79. The third kappa shape index (κ3) is 6.42. The molecule has 0 heterocycles. The van der Waals surface area contributed by atoms with Crippen molar-refractivity contribution in [3.63, 3.8) is 0 Å². The van der Waals surface area contributed by atoms with Crippen molar-refractivity contribution in [2.45, 2.75) is 32.6 Å². The highest BCUT2D eigenvalue weighted by Gasteiger charge is 2.12. The zero-order valence-electron chi connectivity index (χ0n) is 18.3. The predicted molar refractivity (Wildman–Crippen MR) is 130 cm³/mol. The van der Waals surface area contributed by atoms with E-state index < -0.39 is 29.0 Å². The van der Waals surface area contributed by atoms with E-state index in [1.165, 1.54) is 12.1 Å². The largest absolute Gasteiger partial charge is 0.205 e. The lowest BCUT2D eigenvalue weighted by atomic mass is 10.0. The quantitative estimate of drug-likeness (QED) is 0.119. The maximum Gasteiger partial charge on any atom is 0.153 e. The molecule has 0 aliphatic heterocycles. The predicted octanol–water partition coefficient (Wildman–Crippen LogP) is 7.98. The van der Waals surface area contributed by atoms with Gasteiger partial charge in [0.05, 0.1) is 10.7 Å². The van der Waals surface area contributed by atoms with Gasteiger partial charge in [0.15, 0.2) is 11.6 Å². The highest BCUT2D eigenvalue weighted by Crippen LogP contribution is 2.29. The smallest absolute Gasteiger partial charge is 0.153 e. The first-order valence-electron chi connectivity index (χ1n) is 10.6. The first-order chi connectivity index (χ1) is 16.4.